The first kappa shape index (κ1) is 23.9. The largest absolute Gasteiger partial charge is 0.375 e. The number of nitrogens with one attached hydrogen (secondary N) is 1. The zero-order valence-corrected chi connectivity index (χ0v) is 20.7. The number of nitrogens with zero attached hydrogens (tertiary/aromatic N) is 6. The molecular weight excluding hydrogens is 448 g/mol. The van der Waals surface area contributed by atoms with E-state index in [0.29, 0.717) is 30.2 Å². The number of hydrogen-bond donors (Lipinski definition) is 1. The van der Waals surface area contributed by atoms with E-state index in [-0.39, 0.29) is 24.8 Å². The van der Waals surface area contributed by atoms with Crippen LogP contribution >= 0.6 is 0 Å². The molecule has 0 spiro atoms. The van der Waals surface area contributed by atoms with Gasteiger partial charge in [0.05, 0.1) is 40.7 Å². The third kappa shape index (κ3) is 4.95. The van der Waals surface area contributed by atoms with E-state index in [4.69, 9.17) is 15.1 Å². The van der Waals surface area contributed by atoms with Gasteiger partial charge in [-0.25, -0.2) is 23.3 Å². The summed E-state index contributed by atoms with van der Waals surface area (Å²) in [6, 6.07) is 1.65. The standard InChI is InChI=1S/C26H35F2N7/c1-4-34-22(12-15-29-34)17(2)30-24(20-10-13-26(27,28)14-11-20)21-16-35-25(31-21)32-23(18(3)33-35)19-8-6-5-7-9-19/h12,15-16,19-20,24,30H,2,4-11,13-14H2,1,3H3. The van der Waals surface area contributed by atoms with E-state index >= 15 is 0 Å². The van der Waals surface area contributed by atoms with Crippen molar-refractivity contribution >= 4 is 11.5 Å². The van der Waals surface area contributed by atoms with Crippen LogP contribution < -0.4 is 5.32 Å². The molecule has 35 heavy (non-hydrogen) atoms. The van der Waals surface area contributed by atoms with E-state index in [0.717, 1.165) is 42.2 Å². The maximum absolute atomic E-state index is 14.0. The Hall–Kier alpha value is -2.84. The van der Waals surface area contributed by atoms with Crippen molar-refractivity contribution in [1.29, 1.82) is 0 Å². The number of aryl methyl sites for hydroxylation is 2. The molecule has 3 aromatic rings. The highest BCUT2D eigenvalue weighted by atomic mass is 19.3. The molecule has 1 atom stereocenters. The van der Waals surface area contributed by atoms with Crippen molar-refractivity contribution < 1.29 is 8.78 Å². The predicted molar refractivity (Wildman–Crippen MR) is 131 cm³/mol. The van der Waals surface area contributed by atoms with Gasteiger partial charge in [0.2, 0.25) is 5.92 Å². The van der Waals surface area contributed by atoms with Crippen LogP contribution in [0.1, 0.15) is 99.4 Å². The molecule has 2 saturated carbocycles. The Bertz CT molecular complexity index is 1180. The van der Waals surface area contributed by atoms with Crippen LogP contribution in [-0.2, 0) is 6.54 Å². The van der Waals surface area contributed by atoms with Crippen molar-refractivity contribution in [3.05, 3.63) is 47.8 Å². The molecule has 188 valence electrons. The lowest BCUT2D eigenvalue weighted by molar-refractivity contribution is -0.0493. The Kier molecular flexibility index (Phi) is 6.59. The van der Waals surface area contributed by atoms with Crippen molar-refractivity contribution in [2.75, 3.05) is 0 Å². The summed E-state index contributed by atoms with van der Waals surface area (Å²) in [5.41, 5.74) is 4.35. The summed E-state index contributed by atoms with van der Waals surface area (Å²) in [7, 11) is 0. The molecule has 3 heterocycles. The van der Waals surface area contributed by atoms with E-state index in [1.807, 2.05) is 30.8 Å². The summed E-state index contributed by atoms with van der Waals surface area (Å²) in [6.07, 6.45) is 10.3. The van der Waals surface area contributed by atoms with Gasteiger partial charge in [0.25, 0.3) is 5.78 Å². The topological polar surface area (TPSA) is 72.9 Å². The van der Waals surface area contributed by atoms with Crippen LogP contribution in [0.25, 0.3) is 11.5 Å². The summed E-state index contributed by atoms with van der Waals surface area (Å²) >= 11 is 0. The Morgan fingerprint density at radius 3 is 2.63 bits per heavy atom. The van der Waals surface area contributed by atoms with Crippen molar-refractivity contribution in [2.45, 2.75) is 96.1 Å². The number of rotatable bonds is 7. The lowest BCUT2D eigenvalue weighted by Crippen LogP contribution is -2.34. The van der Waals surface area contributed by atoms with E-state index in [9.17, 15) is 8.78 Å². The minimum atomic E-state index is -2.59. The van der Waals surface area contributed by atoms with E-state index in [1.165, 1.54) is 19.3 Å². The number of aromatic nitrogens is 6. The highest BCUT2D eigenvalue weighted by molar-refractivity contribution is 5.59. The quantitative estimate of drug-likeness (QED) is 0.458. The highest BCUT2D eigenvalue weighted by Gasteiger charge is 2.39. The van der Waals surface area contributed by atoms with E-state index < -0.39 is 5.92 Å². The van der Waals surface area contributed by atoms with Gasteiger partial charge in [-0.2, -0.15) is 10.2 Å². The molecule has 0 saturated heterocycles. The van der Waals surface area contributed by atoms with Crippen LogP contribution in [0.2, 0.25) is 0 Å². The van der Waals surface area contributed by atoms with Crippen LogP contribution in [0.15, 0.2) is 25.0 Å². The Labute approximate surface area is 205 Å². The van der Waals surface area contributed by atoms with Crippen LogP contribution in [0.4, 0.5) is 8.78 Å². The second-order valence-electron chi connectivity index (χ2n) is 10.2. The van der Waals surface area contributed by atoms with Crippen molar-refractivity contribution in [2.24, 2.45) is 5.92 Å². The number of imidazole rings is 1. The maximum Gasteiger partial charge on any atom is 0.251 e. The number of halogens is 2. The molecule has 1 unspecified atom stereocenters. The minimum Gasteiger partial charge on any atom is -0.375 e. The highest BCUT2D eigenvalue weighted by Crippen LogP contribution is 2.42. The number of hydrogen-bond acceptors (Lipinski definition) is 5. The first-order valence-corrected chi connectivity index (χ1v) is 12.9. The van der Waals surface area contributed by atoms with Crippen molar-refractivity contribution in [3.8, 4) is 0 Å². The monoisotopic (exact) mass is 483 g/mol. The molecule has 5 rings (SSSR count). The SMILES string of the molecule is C=C(NC(c1cn2nc(C)c(C3CCCCC3)nc2n1)C1CCC(F)(F)CC1)c1ccnn1CC. The van der Waals surface area contributed by atoms with Crippen LogP contribution in [0.3, 0.4) is 0 Å². The van der Waals surface area contributed by atoms with Crippen molar-refractivity contribution in [1.82, 2.24) is 34.7 Å². The second-order valence-corrected chi connectivity index (χ2v) is 10.2. The van der Waals surface area contributed by atoms with Crippen LogP contribution in [-0.4, -0.2) is 35.3 Å². The molecule has 9 heteroatoms. The second kappa shape index (κ2) is 9.66. The molecule has 0 bridgehead atoms. The molecule has 7 nitrogen and oxygen atoms in total. The zero-order valence-electron chi connectivity index (χ0n) is 20.7. The smallest absolute Gasteiger partial charge is 0.251 e. The first-order chi connectivity index (χ1) is 16.8. The van der Waals surface area contributed by atoms with Gasteiger partial charge in [0.1, 0.15) is 0 Å². The minimum absolute atomic E-state index is 0.00759. The Morgan fingerprint density at radius 1 is 1.17 bits per heavy atom. The lowest BCUT2D eigenvalue weighted by atomic mass is 9.81. The first-order valence-electron chi connectivity index (χ1n) is 12.9. The maximum atomic E-state index is 14.0. The van der Waals surface area contributed by atoms with E-state index in [1.54, 1.807) is 10.7 Å². The van der Waals surface area contributed by atoms with Gasteiger partial charge in [0, 0.05) is 31.5 Å². The van der Waals surface area contributed by atoms with Gasteiger partial charge in [-0.1, -0.05) is 25.8 Å². The molecule has 2 fully saturated rings. The summed E-state index contributed by atoms with van der Waals surface area (Å²) < 4.78 is 31.6. The van der Waals surface area contributed by atoms with Gasteiger partial charge in [-0.15, -0.1) is 0 Å². The molecule has 3 aromatic heterocycles. The summed E-state index contributed by atoms with van der Waals surface area (Å²) in [5.74, 6) is -1.58. The third-order valence-electron chi connectivity index (χ3n) is 7.74. The fourth-order valence-electron chi connectivity index (χ4n) is 5.77. The van der Waals surface area contributed by atoms with Gasteiger partial charge >= 0.3 is 0 Å². The molecule has 2 aliphatic rings. The summed E-state index contributed by atoms with van der Waals surface area (Å²) in [5, 5.41) is 12.7. The number of alkyl halides is 2. The Morgan fingerprint density at radius 2 is 1.91 bits per heavy atom. The average molecular weight is 484 g/mol. The molecule has 0 amide bonds. The van der Waals surface area contributed by atoms with Crippen LogP contribution in [0, 0.1) is 12.8 Å². The van der Waals surface area contributed by atoms with Gasteiger partial charge in [-0.3, -0.25) is 4.68 Å². The molecular formula is C26H35F2N7. The predicted octanol–water partition coefficient (Wildman–Crippen LogP) is 5.82. The van der Waals surface area contributed by atoms with Gasteiger partial charge in [-0.05, 0) is 51.5 Å². The molecule has 0 aliphatic heterocycles. The molecule has 1 N–H and O–H groups in total. The van der Waals surface area contributed by atoms with Crippen molar-refractivity contribution in [3.63, 3.8) is 0 Å². The molecule has 0 radical (unpaired) electrons. The van der Waals surface area contributed by atoms with Gasteiger partial charge in [0.15, 0.2) is 0 Å². The molecule has 0 aromatic carbocycles. The van der Waals surface area contributed by atoms with E-state index in [2.05, 4.69) is 17.0 Å². The Balaban J connectivity index is 1.47. The lowest BCUT2D eigenvalue weighted by Gasteiger charge is -2.34. The summed E-state index contributed by atoms with van der Waals surface area (Å²) in [6.45, 7) is 9.01. The number of fused-ring (bicyclic) bond motifs is 1. The normalized spacial score (nSPS) is 20.2. The third-order valence-corrected chi connectivity index (χ3v) is 7.74. The fourth-order valence-corrected chi connectivity index (χ4v) is 5.77. The fraction of sp³-hybridized carbons (Fsp3) is 0.615. The zero-order chi connectivity index (χ0) is 24.6. The molecule has 2 aliphatic carbocycles. The average Bonchev–Trinajstić information content (AvgIpc) is 3.49. The summed E-state index contributed by atoms with van der Waals surface area (Å²) in [4.78, 5) is 9.81. The van der Waals surface area contributed by atoms with Gasteiger partial charge < -0.3 is 5.32 Å². The van der Waals surface area contributed by atoms with Crippen LogP contribution in [0.5, 0.6) is 0 Å².